The zero-order valence-electron chi connectivity index (χ0n) is 18.0. The molecule has 0 radical (unpaired) electrons. The van der Waals surface area contributed by atoms with Gasteiger partial charge in [0.25, 0.3) is 0 Å². The van der Waals surface area contributed by atoms with Crippen LogP contribution < -0.4 is 5.32 Å². The van der Waals surface area contributed by atoms with Crippen molar-refractivity contribution in [3.8, 4) is 0 Å². The van der Waals surface area contributed by atoms with Crippen molar-refractivity contribution in [1.82, 2.24) is 5.32 Å². The van der Waals surface area contributed by atoms with Crippen LogP contribution in [0.15, 0.2) is 36.4 Å². The maximum atomic E-state index is 11.1. The lowest BCUT2D eigenvalue weighted by Crippen LogP contribution is -2.35. The van der Waals surface area contributed by atoms with Gasteiger partial charge in [0.2, 0.25) is 0 Å². The number of aliphatic carboxylic acids is 2. The molecule has 0 bridgehead atoms. The van der Waals surface area contributed by atoms with Crippen molar-refractivity contribution < 1.29 is 19.8 Å². The smallest absolute Gasteiger partial charge is 0.321 e. The third-order valence-electron chi connectivity index (χ3n) is 5.32. The normalized spacial score (nSPS) is 11.8. The standard InChI is InChI=1S/C24H37NO4/c1-3-4-5-6-7-8-9-12-20-13-15-21(16-14-20)19-25-18-11-10-17-24(2,22(26)27)23(28)29/h10-11,13-16,25H,3-9,12,17-19H2,1-2H3,(H,26,27)(H,28,29)/b11-10+. The molecule has 0 aromatic heterocycles. The quantitative estimate of drug-likeness (QED) is 0.201. The Hall–Kier alpha value is -2.14. The third-order valence-corrected chi connectivity index (χ3v) is 5.32. The number of carbonyl (C=O) groups is 2. The predicted octanol–water partition coefficient (Wildman–Crippen LogP) is 5.19. The van der Waals surface area contributed by atoms with E-state index >= 15 is 0 Å². The van der Waals surface area contributed by atoms with Gasteiger partial charge in [0, 0.05) is 13.1 Å². The molecule has 0 spiro atoms. The second-order valence-corrected chi connectivity index (χ2v) is 7.94. The van der Waals surface area contributed by atoms with Crippen LogP contribution in [0.25, 0.3) is 0 Å². The van der Waals surface area contributed by atoms with E-state index in [-0.39, 0.29) is 6.42 Å². The largest absolute Gasteiger partial charge is 0.480 e. The van der Waals surface area contributed by atoms with Gasteiger partial charge in [-0.15, -0.1) is 0 Å². The van der Waals surface area contributed by atoms with Gasteiger partial charge in [-0.1, -0.05) is 81.9 Å². The number of nitrogens with one attached hydrogen (secondary N) is 1. The van der Waals surface area contributed by atoms with Gasteiger partial charge in [-0.05, 0) is 37.3 Å². The predicted molar refractivity (Wildman–Crippen MR) is 117 cm³/mol. The Balaban J connectivity index is 2.22. The summed E-state index contributed by atoms with van der Waals surface area (Å²) >= 11 is 0. The van der Waals surface area contributed by atoms with E-state index < -0.39 is 17.4 Å². The Kier molecular flexibility index (Phi) is 12.0. The molecule has 0 aliphatic heterocycles. The van der Waals surface area contributed by atoms with Crippen LogP contribution in [-0.4, -0.2) is 28.7 Å². The molecule has 0 aliphatic rings. The molecule has 5 nitrogen and oxygen atoms in total. The molecule has 0 saturated heterocycles. The average molecular weight is 404 g/mol. The third kappa shape index (κ3) is 9.75. The van der Waals surface area contributed by atoms with Crippen molar-refractivity contribution in [2.45, 2.75) is 78.2 Å². The first-order valence-corrected chi connectivity index (χ1v) is 10.8. The van der Waals surface area contributed by atoms with Gasteiger partial charge in [-0.25, -0.2) is 0 Å². The van der Waals surface area contributed by atoms with Crippen molar-refractivity contribution in [2.75, 3.05) is 6.54 Å². The molecular weight excluding hydrogens is 366 g/mol. The molecule has 0 heterocycles. The van der Waals surface area contributed by atoms with Gasteiger partial charge >= 0.3 is 11.9 Å². The minimum absolute atomic E-state index is 0.0351. The van der Waals surface area contributed by atoms with Crippen molar-refractivity contribution >= 4 is 11.9 Å². The highest BCUT2D eigenvalue weighted by Crippen LogP contribution is 2.22. The maximum absolute atomic E-state index is 11.1. The summed E-state index contributed by atoms with van der Waals surface area (Å²) in [4.78, 5) is 22.2. The summed E-state index contributed by atoms with van der Waals surface area (Å²) < 4.78 is 0. The molecular formula is C24H37NO4. The number of rotatable bonds is 16. The first kappa shape index (κ1) is 24.9. The van der Waals surface area contributed by atoms with E-state index in [0.29, 0.717) is 6.54 Å². The highest BCUT2D eigenvalue weighted by Gasteiger charge is 2.40. The molecule has 0 fully saturated rings. The molecule has 3 N–H and O–H groups in total. The lowest BCUT2D eigenvalue weighted by atomic mass is 9.87. The summed E-state index contributed by atoms with van der Waals surface area (Å²) in [5.41, 5.74) is 0.799. The number of benzene rings is 1. The molecule has 0 aliphatic carbocycles. The van der Waals surface area contributed by atoms with Gasteiger partial charge in [0.05, 0.1) is 0 Å². The minimum Gasteiger partial charge on any atom is -0.480 e. The molecule has 0 amide bonds. The fourth-order valence-electron chi connectivity index (χ4n) is 3.08. The zero-order valence-corrected chi connectivity index (χ0v) is 18.0. The first-order valence-electron chi connectivity index (χ1n) is 10.8. The second-order valence-electron chi connectivity index (χ2n) is 7.94. The molecule has 1 aromatic carbocycles. The molecule has 29 heavy (non-hydrogen) atoms. The molecule has 5 heteroatoms. The fourth-order valence-corrected chi connectivity index (χ4v) is 3.08. The summed E-state index contributed by atoms with van der Waals surface area (Å²) in [5.74, 6) is -2.64. The molecule has 0 unspecified atom stereocenters. The number of carboxylic acids is 2. The van der Waals surface area contributed by atoms with Gasteiger partial charge in [0.1, 0.15) is 0 Å². The number of aryl methyl sites for hydroxylation is 1. The SMILES string of the molecule is CCCCCCCCCc1ccc(CNC/C=C/CC(C)(C(=O)O)C(=O)O)cc1. The Morgan fingerprint density at radius 1 is 0.897 bits per heavy atom. The number of hydrogen-bond acceptors (Lipinski definition) is 3. The van der Waals surface area contributed by atoms with E-state index in [1.807, 2.05) is 0 Å². The summed E-state index contributed by atoms with van der Waals surface area (Å²) in [6, 6.07) is 8.66. The molecule has 0 atom stereocenters. The van der Waals surface area contributed by atoms with Crippen LogP contribution in [-0.2, 0) is 22.6 Å². The minimum atomic E-state index is -1.78. The molecule has 162 valence electrons. The lowest BCUT2D eigenvalue weighted by Gasteiger charge is -2.17. The first-order chi connectivity index (χ1) is 13.9. The number of allylic oxidation sites excluding steroid dienone is 1. The topological polar surface area (TPSA) is 86.6 Å². The van der Waals surface area contributed by atoms with Crippen molar-refractivity contribution in [3.05, 3.63) is 47.5 Å². The Bertz CT molecular complexity index is 623. The molecule has 1 aromatic rings. The van der Waals surface area contributed by atoms with Crippen LogP contribution in [0.3, 0.4) is 0 Å². The van der Waals surface area contributed by atoms with E-state index in [9.17, 15) is 9.59 Å². The summed E-state index contributed by atoms with van der Waals surface area (Å²) in [7, 11) is 0. The van der Waals surface area contributed by atoms with Crippen molar-refractivity contribution in [1.29, 1.82) is 0 Å². The van der Waals surface area contributed by atoms with Crippen LogP contribution in [0, 0.1) is 5.41 Å². The zero-order chi connectivity index (χ0) is 21.5. The van der Waals surface area contributed by atoms with Gasteiger partial charge in [0.15, 0.2) is 5.41 Å². The second kappa shape index (κ2) is 13.9. The fraction of sp³-hybridized carbons (Fsp3) is 0.583. The number of carboxylic acid groups (broad SMARTS) is 2. The molecule has 0 saturated carbocycles. The summed E-state index contributed by atoms with van der Waals surface area (Å²) in [6.07, 6.45) is 13.8. The van der Waals surface area contributed by atoms with E-state index in [0.717, 1.165) is 13.0 Å². The number of unbranched alkanes of at least 4 members (excludes halogenated alkanes) is 6. The van der Waals surface area contributed by atoms with Crippen LogP contribution in [0.1, 0.15) is 76.3 Å². The maximum Gasteiger partial charge on any atom is 0.321 e. The number of hydrogen-bond donors (Lipinski definition) is 3. The Morgan fingerprint density at radius 2 is 1.45 bits per heavy atom. The van der Waals surface area contributed by atoms with Crippen LogP contribution in [0.2, 0.25) is 0 Å². The average Bonchev–Trinajstić information content (AvgIpc) is 2.70. The van der Waals surface area contributed by atoms with Crippen molar-refractivity contribution in [3.63, 3.8) is 0 Å². The molecule has 1 rings (SSSR count). The summed E-state index contributed by atoms with van der Waals surface area (Å²) in [5, 5.41) is 21.4. The monoisotopic (exact) mass is 403 g/mol. The van der Waals surface area contributed by atoms with Crippen molar-refractivity contribution in [2.24, 2.45) is 5.41 Å². The van der Waals surface area contributed by atoms with Gasteiger partial charge in [-0.3, -0.25) is 9.59 Å². The van der Waals surface area contributed by atoms with Crippen LogP contribution >= 0.6 is 0 Å². The van der Waals surface area contributed by atoms with E-state index in [1.54, 1.807) is 12.2 Å². The van der Waals surface area contributed by atoms with E-state index in [2.05, 4.69) is 36.5 Å². The highest BCUT2D eigenvalue weighted by atomic mass is 16.4. The van der Waals surface area contributed by atoms with Crippen LogP contribution in [0.5, 0.6) is 0 Å². The highest BCUT2D eigenvalue weighted by molar-refractivity contribution is 5.97. The van der Waals surface area contributed by atoms with Gasteiger partial charge < -0.3 is 15.5 Å². The van der Waals surface area contributed by atoms with Gasteiger partial charge in [-0.2, -0.15) is 0 Å². The Labute approximate surface area is 175 Å². The van der Waals surface area contributed by atoms with E-state index in [4.69, 9.17) is 10.2 Å². The Morgan fingerprint density at radius 3 is 2.03 bits per heavy atom. The van der Waals surface area contributed by atoms with E-state index in [1.165, 1.54) is 63.0 Å². The van der Waals surface area contributed by atoms with Crippen LogP contribution in [0.4, 0.5) is 0 Å². The lowest BCUT2D eigenvalue weighted by molar-refractivity contribution is -0.162. The summed E-state index contributed by atoms with van der Waals surface area (Å²) in [6.45, 7) is 4.75.